The quantitative estimate of drug-likeness (QED) is 0.296. The van der Waals surface area contributed by atoms with Crippen LogP contribution in [0.15, 0.2) is 23.3 Å². The summed E-state index contributed by atoms with van der Waals surface area (Å²) < 4.78 is 11.5. The molecule has 0 aliphatic heterocycles. The number of hydrazone groups is 1. The Morgan fingerprint density at radius 1 is 1.17 bits per heavy atom. The molecule has 0 radical (unpaired) electrons. The second kappa shape index (κ2) is 11.7. The van der Waals surface area contributed by atoms with E-state index in [1.807, 2.05) is 25.1 Å². The Bertz CT molecular complexity index is 507. The summed E-state index contributed by atoms with van der Waals surface area (Å²) in [5.41, 5.74) is 3.63. The molecule has 128 valence electrons. The van der Waals surface area contributed by atoms with Crippen LogP contribution in [0.3, 0.4) is 0 Å². The van der Waals surface area contributed by atoms with Crippen molar-refractivity contribution in [3.05, 3.63) is 23.8 Å². The number of thiocarbonyl (C=S) groups is 1. The van der Waals surface area contributed by atoms with Crippen LogP contribution in [0, 0.1) is 0 Å². The first-order valence-corrected chi connectivity index (χ1v) is 8.52. The molecule has 0 saturated carbocycles. The van der Waals surface area contributed by atoms with Gasteiger partial charge in [-0.15, -0.1) is 0 Å². The molecule has 0 heterocycles. The average molecular weight is 337 g/mol. The van der Waals surface area contributed by atoms with Crippen LogP contribution < -0.4 is 20.2 Å². The third-order valence-electron chi connectivity index (χ3n) is 3.13. The Hall–Kier alpha value is -1.82. The summed E-state index contributed by atoms with van der Waals surface area (Å²) in [6.07, 6.45) is 6.43. The Morgan fingerprint density at radius 3 is 2.70 bits per heavy atom. The molecule has 0 aliphatic rings. The fourth-order valence-electron chi connectivity index (χ4n) is 1.92. The maximum atomic E-state index is 5.84. The first kappa shape index (κ1) is 19.2. The van der Waals surface area contributed by atoms with Gasteiger partial charge in [-0.25, -0.2) is 0 Å². The highest BCUT2D eigenvalue weighted by Gasteiger charge is 2.06. The lowest BCUT2D eigenvalue weighted by Crippen LogP contribution is -2.28. The molecule has 1 aromatic rings. The van der Waals surface area contributed by atoms with E-state index in [1.165, 1.54) is 19.3 Å². The number of rotatable bonds is 10. The van der Waals surface area contributed by atoms with E-state index in [4.69, 9.17) is 21.7 Å². The minimum atomic E-state index is 0.471. The highest BCUT2D eigenvalue weighted by Crippen LogP contribution is 2.28. The minimum Gasteiger partial charge on any atom is -0.490 e. The molecule has 0 atom stereocenters. The molecule has 0 saturated heterocycles. The van der Waals surface area contributed by atoms with Crippen molar-refractivity contribution in [1.82, 2.24) is 10.7 Å². The monoisotopic (exact) mass is 337 g/mol. The van der Waals surface area contributed by atoms with Gasteiger partial charge in [0.05, 0.1) is 19.4 Å². The van der Waals surface area contributed by atoms with E-state index in [9.17, 15) is 0 Å². The number of nitrogens with one attached hydrogen (secondary N) is 2. The fourth-order valence-corrected chi connectivity index (χ4v) is 1.98. The van der Waals surface area contributed by atoms with Gasteiger partial charge in [-0.2, -0.15) is 5.10 Å². The van der Waals surface area contributed by atoms with Gasteiger partial charge in [0.25, 0.3) is 0 Å². The molecule has 0 unspecified atom stereocenters. The maximum absolute atomic E-state index is 5.84. The topological polar surface area (TPSA) is 54.9 Å². The molecular weight excluding hydrogens is 310 g/mol. The second-order valence-electron chi connectivity index (χ2n) is 5.00. The zero-order valence-electron chi connectivity index (χ0n) is 14.2. The Labute approximate surface area is 144 Å². The lowest BCUT2D eigenvalue weighted by atomic mass is 10.2. The second-order valence-corrected chi connectivity index (χ2v) is 5.41. The molecule has 0 amide bonds. The molecule has 0 aliphatic carbocycles. The summed E-state index contributed by atoms with van der Waals surface area (Å²) in [6.45, 7) is 5.46. The zero-order chi connectivity index (χ0) is 16.9. The molecule has 2 N–H and O–H groups in total. The van der Waals surface area contributed by atoms with Crippen molar-refractivity contribution in [2.75, 3.05) is 20.3 Å². The smallest absolute Gasteiger partial charge is 0.186 e. The summed E-state index contributed by atoms with van der Waals surface area (Å²) >= 11 is 4.96. The summed E-state index contributed by atoms with van der Waals surface area (Å²) in [5, 5.41) is 7.33. The molecule has 23 heavy (non-hydrogen) atoms. The molecule has 6 heteroatoms. The van der Waals surface area contributed by atoms with E-state index >= 15 is 0 Å². The number of unbranched alkanes of at least 4 members (excludes halogenated alkanes) is 3. The van der Waals surface area contributed by atoms with E-state index < -0.39 is 0 Å². The first-order chi connectivity index (χ1) is 11.2. The Morgan fingerprint density at radius 2 is 2.00 bits per heavy atom. The minimum absolute atomic E-state index is 0.471. The number of nitrogens with zero attached hydrogens (tertiary/aromatic N) is 1. The van der Waals surface area contributed by atoms with Crippen molar-refractivity contribution < 1.29 is 9.47 Å². The molecule has 0 bridgehead atoms. The maximum Gasteiger partial charge on any atom is 0.186 e. The standard InChI is InChI=1S/C17H27N3O2S/c1-4-6-7-8-11-22-15-10-9-14(12-16(15)21-5-2)13-19-20-17(23)18-3/h9-10,12-13H,4-8,11H2,1-3H3,(H2,18,20,23)/b19-13+. The van der Waals surface area contributed by atoms with Gasteiger partial charge in [0.15, 0.2) is 16.6 Å². The van der Waals surface area contributed by atoms with Crippen molar-refractivity contribution in [2.24, 2.45) is 5.10 Å². The van der Waals surface area contributed by atoms with Crippen LogP contribution in [-0.4, -0.2) is 31.6 Å². The lowest BCUT2D eigenvalue weighted by Gasteiger charge is -2.12. The fraction of sp³-hybridized carbons (Fsp3) is 0.529. The summed E-state index contributed by atoms with van der Waals surface area (Å²) in [5.74, 6) is 1.52. The molecule has 0 aromatic heterocycles. The normalized spacial score (nSPS) is 10.6. The molecule has 5 nitrogen and oxygen atoms in total. The van der Waals surface area contributed by atoms with E-state index in [0.29, 0.717) is 18.3 Å². The van der Waals surface area contributed by atoms with E-state index in [2.05, 4.69) is 22.8 Å². The highest BCUT2D eigenvalue weighted by molar-refractivity contribution is 7.80. The predicted octanol–water partition coefficient (Wildman–Crippen LogP) is 3.47. The molecule has 0 spiro atoms. The zero-order valence-corrected chi connectivity index (χ0v) is 15.0. The third kappa shape index (κ3) is 7.83. The van der Waals surface area contributed by atoms with Crippen LogP contribution in [0.25, 0.3) is 0 Å². The third-order valence-corrected chi connectivity index (χ3v) is 3.43. The van der Waals surface area contributed by atoms with E-state index in [0.717, 1.165) is 23.5 Å². The van der Waals surface area contributed by atoms with Crippen LogP contribution >= 0.6 is 12.2 Å². The van der Waals surface area contributed by atoms with Gasteiger partial charge in [0.2, 0.25) is 0 Å². The Balaban J connectivity index is 2.63. The Kier molecular flexibility index (Phi) is 9.79. The van der Waals surface area contributed by atoms with Crippen molar-refractivity contribution in [3.63, 3.8) is 0 Å². The predicted molar refractivity (Wildman–Crippen MR) is 99.6 cm³/mol. The number of hydrogen-bond donors (Lipinski definition) is 2. The van der Waals surface area contributed by atoms with Gasteiger partial charge in [-0.1, -0.05) is 26.2 Å². The largest absolute Gasteiger partial charge is 0.490 e. The van der Waals surface area contributed by atoms with Crippen molar-refractivity contribution in [1.29, 1.82) is 0 Å². The van der Waals surface area contributed by atoms with Crippen molar-refractivity contribution >= 4 is 23.5 Å². The lowest BCUT2D eigenvalue weighted by molar-refractivity contribution is 0.270. The molecular formula is C17H27N3O2S. The van der Waals surface area contributed by atoms with E-state index in [-0.39, 0.29) is 0 Å². The van der Waals surface area contributed by atoms with Crippen LogP contribution in [0.2, 0.25) is 0 Å². The van der Waals surface area contributed by atoms with Crippen LogP contribution in [0.5, 0.6) is 11.5 Å². The van der Waals surface area contributed by atoms with Gasteiger partial charge < -0.3 is 14.8 Å². The van der Waals surface area contributed by atoms with Gasteiger partial charge in [0, 0.05) is 7.05 Å². The summed E-state index contributed by atoms with van der Waals surface area (Å²) in [7, 11) is 1.74. The SMILES string of the molecule is CCCCCCOc1ccc(/C=N/NC(=S)NC)cc1OCC. The average Bonchev–Trinajstić information content (AvgIpc) is 2.56. The van der Waals surface area contributed by atoms with Crippen molar-refractivity contribution in [2.45, 2.75) is 39.5 Å². The highest BCUT2D eigenvalue weighted by atomic mass is 32.1. The summed E-state index contributed by atoms with van der Waals surface area (Å²) in [6, 6.07) is 5.78. The van der Waals surface area contributed by atoms with Gasteiger partial charge in [0.1, 0.15) is 0 Å². The van der Waals surface area contributed by atoms with Crippen LogP contribution in [0.1, 0.15) is 45.1 Å². The summed E-state index contributed by atoms with van der Waals surface area (Å²) in [4.78, 5) is 0. The van der Waals surface area contributed by atoms with Crippen molar-refractivity contribution in [3.8, 4) is 11.5 Å². The molecule has 1 rings (SSSR count). The number of ether oxygens (including phenoxy) is 2. The molecule has 0 fully saturated rings. The first-order valence-electron chi connectivity index (χ1n) is 8.11. The number of benzene rings is 1. The van der Waals surface area contributed by atoms with E-state index in [1.54, 1.807) is 13.3 Å². The van der Waals surface area contributed by atoms with Crippen LogP contribution in [-0.2, 0) is 0 Å². The van der Waals surface area contributed by atoms with Gasteiger partial charge >= 0.3 is 0 Å². The van der Waals surface area contributed by atoms with Crippen LogP contribution in [0.4, 0.5) is 0 Å². The van der Waals surface area contributed by atoms with Gasteiger partial charge in [-0.05, 0) is 49.3 Å². The number of hydrogen-bond acceptors (Lipinski definition) is 4. The molecule has 1 aromatic carbocycles. The van der Waals surface area contributed by atoms with Gasteiger partial charge in [-0.3, -0.25) is 5.43 Å².